The Bertz CT molecular complexity index is 427. The van der Waals surface area contributed by atoms with Crippen LogP contribution in [0.15, 0.2) is 16.5 Å². The lowest BCUT2D eigenvalue weighted by Crippen LogP contribution is -2.26. The molecule has 0 amide bonds. The molecule has 20 heavy (non-hydrogen) atoms. The molecule has 1 aromatic rings. The minimum Gasteiger partial charge on any atom is -0.463 e. The van der Waals surface area contributed by atoms with Crippen LogP contribution in [0.3, 0.4) is 0 Å². The lowest BCUT2D eigenvalue weighted by atomic mass is 10.1. The van der Waals surface area contributed by atoms with Gasteiger partial charge in [-0.25, -0.2) is 0 Å². The lowest BCUT2D eigenvalue weighted by Gasteiger charge is -2.19. The molecule has 1 aliphatic heterocycles. The van der Waals surface area contributed by atoms with Crippen molar-refractivity contribution in [2.45, 2.75) is 38.4 Å². The molecule has 1 N–H and O–H groups in total. The molecule has 2 fully saturated rings. The van der Waals surface area contributed by atoms with E-state index in [4.69, 9.17) is 4.42 Å². The van der Waals surface area contributed by atoms with Crippen molar-refractivity contribution < 1.29 is 4.42 Å². The van der Waals surface area contributed by atoms with Crippen LogP contribution in [0.4, 0.5) is 0 Å². The van der Waals surface area contributed by atoms with E-state index in [9.17, 15) is 0 Å². The van der Waals surface area contributed by atoms with Gasteiger partial charge in [0.2, 0.25) is 0 Å². The summed E-state index contributed by atoms with van der Waals surface area (Å²) in [5.74, 6) is 2.98. The highest BCUT2D eigenvalue weighted by molar-refractivity contribution is 5.07. The van der Waals surface area contributed by atoms with Gasteiger partial charge < -0.3 is 14.6 Å². The first kappa shape index (κ1) is 14.1. The first-order chi connectivity index (χ1) is 9.69. The van der Waals surface area contributed by atoms with Crippen molar-refractivity contribution in [3.63, 3.8) is 0 Å². The summed E-state index contributed by atoms with van der Waals surface area (Å²) < 4.78 is 5.90. The molecule has 1 saturated heterocycles. The topological polar surface area (TPSA) is 31.6 Å². The van der Waals surface area contributed by atoms with Crippen molar-refractivity contribution in [1.29, 1.82) is 0 Å². The van der Waals surface area contributed by atoms with Crippen LogP contribution in [0.2, 0.25) is 0 Å². The van der Waals surface area contributed by atoms with E-state index in [-0.39, 0.29) is 0 Å². The maximum atomic E-state index is 5.90. The van der Waals surface area contributed by atoms with Crippen molar-refractivity contribution in [2.24, 2.45) is 5.92 Å². The van der Waals surface area contributed by atoms with Crippen LogP contribution in [0.1, 0.15) is 30.8 Å². The largest absolute Gasteiger partial charge is 0.463 e. The molecule has 0 radical (unpaired) electrons. The van der Waals surface area contributed by atoms with Gasteiger partial charge in [-0.1, -0.05) is 0 Å². The van der Waals surface area contributed by atoms with E-state index in [0.29, 0.717) is 0 Å². The molecule has 112 valence electrons. The normalized spacial score (nSPS) is 23.9. The maximum absolute atomic E-state index is 5.90. The molecule has 1 aromatic heterocycles. The number of rotatable bonds is 7. The smallest absolute Gasteiger partial charge is 0.118 e. The summed E-state index contributed by atoms with van der Waals surface area (Å²) in [4.78, 5) is 4.81. The second kappa shape index (κ2) is 6.29. The quantitative estimate of drug-likeness (QED) is 0.825. The molecule has 0 spiro atoms. The Hall–Kier alpha value is -0.840. The predicted molar refractivity (Wildman–Crippen MR) is 80.5 cm³/mol. The molecule has 4 heteroatoms. The minimum absolute atomic E-state index is 0.741. The molecule has 2 heterocycles. The number of nitrogens with one attached hydrogen (secondary N) is 1. The van der Waals surface area contributed by atoms with Crippen molar-refractivity contribution in [2.75, 3.05) is 33.7 Å². The fourth-order valence-corrected chi connectivity index (χ4v) is 3.08. The zero-order valence-electron chi connectivity index (χ0n) is 12.8. The average Bonchev–Trinajstić information content (AvgIpc) is 3.00. The van der Waals surface area contributed by atoms with E-state index in [0.717, 1.165) is 36.6 Å². The van der Waals surface area contributed by atoms with Crippen LogP contribution in [0.25, 0.3) is 0 Å². The summed E-state index contributed by atoms with van der Waals surface area (Å²) in [5, 5.41) is 3.49. The Morgan fingerprint density at radius 2 is 2.10 bits per heavy atom. The monoisotopic (exact) mass is 277 g/mol. The van der Waals surface area contributed by atoms with Crippen LogP contribution in [0, 0.1) is 5.92 Å². The SMILES string of the molecule is CN1CCC(CN(C)Cc2ccc(CNC3CC3)o2)C1. The molecule has 1 atom stereocenters. The first-order valence-electron chi connectivity index (χ1n) is 7.87. The minimum atomic E-state index is 0.741. The third-order valence-corrected chi connectivity index (χ3v) is 4.34. The van der Waals surface area contributed by atoms with Gasteiger partial charge in [0.15, 0.2) is 0 Å². The lowest BCUT2D eigenvalue weighted by molar-refractivity contribution is 0.246. The first-order valence-corrected chi connectivity index (χ1v) is 7.87. The Labute approximate surface area is 122 Å². The summed E-state index contributed by atoms with van der Waals surface area (Å²) in [7, 11) is 4.41. The third-order valence-electron chi connectivity index (χ3n) is 4.34. The highest BCUT2D eigenvalue weighted by atomic mass is 16.3. The van der Waals surface area contributed by atoms with E-state index in [2.05, 4.69) is 41.3 Å². The van der Waals surface area contributed by atoms with Crippen molar-refractivity contribution in [3.05, 3.63) is 23.7 Å². The van der Waals surface area contributed by atoms with Crippen LogP contribution >= 0.6 is 0 Å². The molecule has 3 rings (SSSR count). The van der Waals surface area contributed by atoms with Gasteiger partial charge in [0.05, 0.1) is 13.1 Å². The number of nitrogens with zero attached hydrogens (tertiary/aromatic N) is 2. The Kier molecular flexibility index (Phi) is 4.44. The zero-order chi connectivity index (χ0) is 13.9. The second-order valence-corrected chi connectivity index (χ2v) is 6.64. The summed E-state index contributed by atoms with van der Waals surface area (Å²) in [5.41, 5.74) is 0. The number of furan rings is 1. The van der Waals surface area contributed by atoms with Gasteiger partial charge in [-0.05, 0) is 58.0 Å². The third kappa shape index (κ3) is 4.08. The van der Waals surface area contributed by atoms with Crippen molar-refractivity contribution in [3.8, 4) is 0 Å². The molecule has 0 aromatic carbocycles. The van der Waals surface area contributed by atoms with Crippen molar-refractivity contribution >= 4 is 0 Å². The van der Waals surface area contributed by atoms with Gasteiger partial charge in [0.25, 0.3) is 0 Å². The van der Waals surface area contributed by atoms with Gasteiger partial charge in [-0.3, -0.25) is 4.90 Å². The van der Waals surface area contributed by atoms with E-state index >= 15 is 0 Å². The van der Waals surface area contributed by atoms with Crippen LogP contribution < -0.4 is 5.32 Å². The molecule has 0 bridgehead atoms. The molecular formula is C16H27N3O. The molecule has 1 aliphatic carbocycles. The Morgan fingerprint density at radius 3 is 2.80 bits per heavy atom. The Balaban J connectivity index is 1.42. The van der Waals surface area contributed by atoms with Gasteiger partial charge >= 0.3 is 0 Å². The number of hydrogen-bond donors (Lipinski definition) is 1. The molecule has 4 nitrogen and oxygen atoms in total. The summed E-state index contributed by atoms with van der Waals surface area (Å²) in [6.45, 7) is 5.45. The van der Waals surface area contributed by atoms with Crippen LogP contribution in [-0.2, 0) is 13.1 Å². The number of hydrogen-bond acceptors (Lipinski definition) is 4. The molecule has 1 unspecified atom stereocenters. The van der Waals surface area contributed by atoms with Gasteiger partial charge in [0.1, 0.15) is 11.5 Å². The van der Waals surface area contributed by atoms with Gasteiger partial charge in [-0.15, -0.1) is 0 Å². The van der Waals surface area contributed by atoms with Gasteiger partial charge in [0, 0.05) is 19.1 Å². The highest BCUT2D eigenvalue weighted by Crippen LogP contribution is 2.20. The maximum Gasteiger partial charge on any atom is 0.118 e. The van der Waals surface area contributed by atoms with E-state index in [1.807, 2.05) is 0 Å². The fourth-order valence-electron chi connectivity index (χ4n) is 3.08. The number of likely N-dealkylation sites (tertiary alicyclic amines) is 1. The predicted octanol–water partition coefficient (Wildman–Crippen LogP) is 1.92. The fraction of sp³-hybridized carbons (Fsp3) is 0.750. The standard InChI is InChI=1S/C16H27N3O/c1-18-8-7-13(10-18)11-19(2)12-16-6-5-15(20-16)9-17-14-3-4-14/h5-6,13-14,17H,3-4,7-12H2,1-2H3. The summed E-state index contributed by atoms with van der Waals surface area (Å²) in [6, 6.07) is 4.98. The molecule has 2 aliphatic rings. The molecule has 1 saturated carbocycles. The Morgan fingerprint density at radius 1 is 1.30 bits per heavy atom. The van der Waals surface area contributed by atoms with E-state index < -0.39 is 0 Å². The van der Waals surface area contributed by atoms with Crippen LogP contribution in [0.5, 0.6) is 0 Å². The summed E-state index contributed by atoms with van der Waals surface area (Å²) in [6.07, 6.45) is 3.98. The average molecular weight is 277 g/mol. The van der Waals surface area contributed by atoms with E-state index in [1.54, 1.807) is 0 Å². The molecular weight excluding hydrogens is 250 g/mol. The van der Waals surface area contributed by atoms with E-state index in [1.165, 1.54) is 38.9 Å². The summed E-state index contributed by atoms with van der Waals surface area (Å²) >= 11 is 0. The zero-order valence-corrected chi connectivity index (χ0v) is 12.8. The highest BCUT2D eigenvalue weighted by Gasteiger charge is 2.22. The van der Waals surface area contributed by atoms with Crippen LogP contribution in [-0.4, -0.2) is 49.6 Å². The second-order valence-electron chi connectivity index (χ2n) is 6.64. The van der Waals surface area contributed by atoms with Gasteiger partial charge in [-0.2, -0.15) is 0 Å². The van der Waals surface area contributed by atoms with Crippen molar-refractivity contribution in [1.82, 2.24) is 15.1 Å².